The molecule has 2 aliphatic rings. The maximum atomic E-state index is 12.0. The van der Waals surface area contributed by atoms with Crippen LogP contribution in [-0.2, 0) is 9.53 Å². The summed E-state index contributed by atoms with van der Waals surface area (Å²) in [6.07, 6.45) is 8.76. The molecule has 4 heteroatoms. The van der Waals surface area contributed by atoms with Crippen LogP contribution in [0.15, 0.2) is 0 Å². The van der Waals surface area contributed by atoms with Gasteiger partial charge in [0, 0.05) is 19.1 Å². The third kappa shape index (κ3) is 5.91. The van der Waals surface area contributed by atoms with Crippen LogP contribution in [0.5, 0.6) is 0 Å². The summed E-state index contributed by atoms with van der Waals surface area (Å²) in [6.45, 7) is 1.41. The van der Waals surface area contributed by atoms with Crippen molar-refractivity contribution >= 4 is 5.91 Å². The molecule has 0 aromatic heterocycles. The summed E-state index contributed by atoms with van der Waals surface area (Å²) < 4.78 is 5.42. The summed E-state index contributed by atoms with van der Waals surface area (Å²) in [4.78, 5) is 12.0. The fourth-order valence-electron chi connectivity index (χ4n) is 2.62. The molecular weight excluding hydrogens is 242 g/mol. The predicted octanol–water partition coefficient (Wildman–Crippen LogP) is 1.86. The quantitative estimate of drug-likeness (QED) is 0.694. The first-order valence-corrected chi connectivity index (χ1v) is 7.79. The van der Waals surface area contributed by atoms with Crippen molar-refractivity contribution in [1.29, 1.82) is 0 Å². The van der Waals surface area contributed by atoms with Crippen molar-refractivity contribution < 1.29 is 14.6 Å². The zero-order valence-electron chi connectivity index (χ0n) is 11.8. The van der Waals surface area contributed by atoms with Gasteiger partial charge >= 0.3 is 0 Å². The minimum atomic E-state index is -0.575. The molecule has 0 radical (unpaired) electrons. The van der Waals surface area contributed by atoms with Gasteiger partial charge in [-0.05, 0) is 31.6 Å². The highest BCUT2D eigenvalue weighted by molar-refractivity contribution is 5.78. The third-order valence-corrected chi connectivity index (χ3v) is 4.10. The van der Waals surface area contributed by atoms with Gasteiger partial charge in [-0.15, -0.1) is 0 Å². The second-order valence-corrected chi connectivity index (χ2v) is 6.07. The van der Waals surface area contributed by atoms with Gasteiger partial charge in [0.1, 0.15) is 0 Å². The second kappa shape index (κ2) is 7.85. The Hall–Kier alpha value is -0.610. The lowest BCUT2D eigenvalue weighted by Gasteiger charge is -2.16. The van der Waals surface area contributed by atoms with Crippen molar-refractivity contribution in [2.45, 2.75) is 57.5 Å². The number of carbonyl (C=O) groups excluding carboxylic acids is 1. The fraction of sp³-hybridized carbons (Fsp3) is 0.933. The molecular formula is C15H27NO3. The molecule has 1 unspecified atom stereocenters. The lowest BCUT2D eigenvalue weighted by molar-refractivity contribution is -0.126. The van der Waals surface area contributed by atoms with E-state index in [1.807, 2.05) is 0 Å². The standard InChI is InChI=1S/C15H27NO3/c17-14(11-19-10-12-7-8-12)9-16-15(18)13-5-3-1-2-4-6-13/h12-14,17H,1-11H2,(H,16,18). The Kier molecular flexibility index (Phi) is 6.11. The summed E-state index contributed by atoms with van der Waals surface area (Å²) in [5.41, 5.74) is 0. The Morgan fingerprint density at radius 2 is 1.84 bits per heavy atom. The number of hydrogen-bond acceptors (Lipinski definition) is 3. The van der Waals surface area contributed by atoms with Crippen LogP contribution >= 0.6 is 0 Å². The molecule has 2 aliphatic carbocycles. The zero-order chi connectivity index (χ0) is 13.5. The van der Waals surface area contributed by atoms with E-state index >= 15 is 0 Å². The number of aliphatic hydroxyl groups excluding tert-OH is 1. The Bertz CT molecular complexity index is 271. The maximum Gasteiger partial charge on any atom is 0.223 e. The first-order valence-electron chi connectivity index (χ1n) is 7.79. The largest absolute Gasteiger partial charge is 0.389 e. The molecule has 0 spiro atoms. The summed E-state index contributed by atoms with van der Waals surface area (Å²) in [5, 5.41) is 12.6. The number of rotatable bonds is 7. The van der Waals surface area contributed by atoms with Gasteiger partial charge in [0.15, 0.2) is 0 Å². The Labute approximate surface area is 115 Å². The summed E-state index contributed by atoms with van der Waals surface area (Å²) in [6, 6.07) is 0. The third-order valence-electron chi connectivity index (χ3n) is 4.10. The minimum absolute atomic E-state index is 0.114. The van der Waals surface area contributed by atoms with Gasteiger partial charge in [0.2, 0.25) is 5.91 Å². The molecule has 19 heavy (non-hydrogen) atoms. The Morgan fingerprint density at radius 3 is 2.47 bits per heavy atom. The highest BCUT2D eigenvalue weighted by atomic mass is 16.5. The minimum Gasteiger partial charge on any atom is -0.389 e. The van der Waals surface area contributed by atoms with Gasteiger partial charge in [-0.3, -0.25) is 4.79 Å². The van der Waals surface area contributed by atoms with Crippen molar-refractivity contribution in [2.75, 3.05) is 19.8 Å². The summed E-state index contributed by atoms with van der Waals surface area (Å²) in [7, 11) is 0. The molecule has 1 amide bonds. The molecule has 2 rings (SSSR count). The number of amides is 1. The van der Waals surface area contributed by atoms with Gasteiger partial charge in [0.05, 0.1) is 12.7 Å². The average molecular weight is 269 g/mol. The van der Waals surface area contributed by atoms with E-state index < -0.39 is 6.10 Å². The zero-order valence-corrected chi connectivity index (χ0v) is 11.8. The average Bonchev–Trinajstić information content (AvgIpc) is 3.22. The fourth-order valence-corrected chi connectivity index (χ4v) is 2.62. The van der Waals surface area contributed by atoms with E-state index in [4.69, 9.17) is 4.74 Å². The van der Waals surface area contributed by atoms with E-state index in [-0.39, 0.29) is 11.8 Å². The van der Waals surface area contributed by atoms with E-state index in [9.17, 15) is 9.90 Å². The highest BCUT2D eigenvalue weighted by Gasteiger charge is 2.22. The van der Waals surface area contributed by atoms with E-state index in [0.29, 0.717) is 19.1 Å². The lowest BCUT2D eigenvalue weighted by Crippen LogP contribution is -2.38. The number of nitrogens with one attached hydrogen (secondary N) is 1. The van der Waals surface area contributed by atoms with Crippen LogP contribution in [0.4, 0.5) is 0 Å². The van der Waals surface area contributed by atoms with Crippen LogP contribution in [0.2, 0.25) is 0 Å². The molecule has 0 aromatic carbocycles. The van der Waals surface area contributed by atoms with Crippen molar-refractivity contribution in [2.24, 2.45) is 11.8 Å². The summed E-state index contributed by atoms with van der Waals surface area (Å²) in [5.74, 6) is 0.984. The molecule has 110 valence electrons. The maximum absolute atomic E-state index is 12.0. The van der Waals surface area contributed by atoms with Crippen LogP contribution in [0.3, 0.4) is 0 Å². The molecule has 2 fully saturated rings. The van der Waals surface area contributed by atoms with E-state index in [1.54, 1.807) is 0 Å². The van der Waals surface area contributed by atoms with Crippen LogP contribution < -0.4 is 5.32 Å². The van der Waals surface area contributed by atoms with E-state index in [1.165, 1.54) is 25.7 Å². The lowest BCUT2D eigenvalue weighted by atomic mass is 9.99. The normalized spacial score (nSPS) is 22.8. The first kappa shape index (κ1) is 14.8. The van der Waals surface area contributed by atoms with Crippen LogP contribution in [0, 0.1) is 11.8 Å². The topological polar surface area (TPSA) is 58.6 Å². The van der Waals surface area contributed by atoms with E-state index in [0.717, 1.165) is 32.3 Å². The van der Waals surface area contributed by atoms with Gasteiger partial charge in [-0.25, -0.2) is 0 Å². The molecule has 2 saturated carbocycles. The molecule has 4 nitrogen and oxygen atoms in total. The van der Waals surface area contributed by atoms with Crippen molar-refractivity contribution in [3.63, 3.8) is 0 Å². The predicted molar refractivity (Wildman–Crippen MR) is 73.8 cm³/mol. The molecule has 0 bridgehead atoms. The van der Waals surface area contributed by atoms with Gasteiger partial charge in [-0.2, -0.15) is 0 Å². The molecule has 0 aromatic rings. The van der Waals surface area contributed by atoms with Gasteiger partial charge < -0.3 is 15.2 Å². The monoisotopic (exact) mass is 269 g/mol. The van der Waals surface area contributed by atoms with E-state index in [2.05, 4.69) is 5.32 Å². The summed E-state index contributed by atoms with van der Waals surface area (Å²) >= 11 is 0. The number of carbonyl (C=O) groups is 1. The molecule has 1 atom stereocenters. The molecule has 0 aliphatic heterocycles. The van der Waals surface area contributed by atoms with Crippen molar-refractivity contribution in [3.05, 3.63) is 0 Å². The van der Waals surface area contributed by atoms with Crippen LogP contribution in [0.25, 0.3) is 0 Å². The molecule has 0 saturated heterocycles. The van der Waals surface area contributed by atoms with Gasteiger partial charge in [-0.1, -0.05) is 25.7 Å². The first-order chi connectivity index (χ1) is 9.25. The number of aliphatic hydroxyl groups is 1. The SMILES string of the molecule is O=C(NCC(O)COCC1CC1)C1CCCCCC1. The van der Waals surface area contributed by atoms with Crippen LogP contribution in [-0.4, -0.2) is 36.9 Å². The molecule has 0 heterocycles. The Balaban J connectivity index is 1.55. The van der Waals surface area contributed by atoms with Crippen LogP contribution in [0.1, 0.15) is 51.4 Å². The van der Waals surface area contributed by atoms with Crippen molar-refractivity contribution in [1.82, 2.24) is 5.32 Å². The number of ether oxygens (including phenoxy) is 1. The number of hydrogen-bond donors (Lipinski definition) is 2. The van der Waals surface area contributed by atoms with Gasteiger partial charge in [0.25, 0.3) is 0 Å². The molecule has 2 N–H and O–H groups in total. The van der Waals surface area contributed by atoms with Crippen molar-refractivity contribution in [3.8, 4) is 0 Å². The smallest absolute Gasteiger partial charge is 0.223 e. The Morgan fingerprint density at radius 1 is 1.16 bits per heavy atom. The second-order valence-electron chi connectivity index (χ2n) is 6.07. The highest BCUT2D eigenvalue weighted by Crippen LogP contribution is 2.28.